The number of nitrogen functional groups attached to an aromatic ring is 1. The van der Waals surface area contributed by atoms with Crippen molar-refractivity contribution in [3.8, 4) is 11.1 Å². The van der Waals surface area contributed by atoms with Gasteiger partial charge in [0.25, 0.3) is 0 Å². The largest absolute Gasteiger partial charge is 1.00 e. The van der Waals surface area contributed by atoms with Gasteiger partial charge in [0.2, 0.25) is 0 Å². The number of anilines is 1. The second-order valence-corrected chi connectivity index (χ2v) is 13.4. The van der Waals surface area contributed by atoms with Crippen molar-refractivity contribution in [3.05, 3.63) is 54.6 Å². The molecule has 192 valence electrons. The summed E-state index contributed by atoms with van der Waals surface area (Å²) in [5.41, 5.74) is 12.5. The molecule has 0 aliphatic heterocycles. The van der Waals surface area contributed by atoms with E-state index in [4.69, 9.17) is 5.73 Å². The van der Waals surface area contributed by atoms with Gasteiger partial charge >= 0.3 is 0 Å². The Morgan fingerprint density at radius 2 is 0.912 bits per heavy atom. The zero-order chi connectivity index (χ0) is 22.0. The molecule has 0 spiro atoms. The van der Waals surface area contributed by atoms with Gasteiger partial charge in [-0.1, -0.05) is 114 Å². The van der Waals surface area contributed by atoms with Crippen molar-refractivity contribution in [1.29, 1.82) is 0 Å². The molecule has 0 amide bonds. The minimum absolute atomic E-state index is 0. The summed E-state index contributed by atoms with van der Waals surface area (Å²) in [5, 5.41) is 0. The number of rotatable bonds is 4. The van der Waals surface area contributed by atoms with E-state index in [0.717, 1.165) is 11.3 Å². The number of hydrogen-bond donors (Lipinski definition) is 1. The van der Waals surface area contributed by atoms with Crippen LogP contribution in [0, 0.1) is 0 Å². The summed E-state index contributed by atoms with van der Waals surface area (Å²) in [6, 6.07) is 18.1. The SMILES string of the molecule is C1CCC(P(C2CCCCC2)C2CCCCC2)CC1.Nc1ccccc1-c1ccccc1.[Cl-].[Pd]. The smallest absolute Gasteiger partial charge is 0.0393 e. The molecular weight excluding hydrogens is 547 g/mol. The molecule has 4 heteroatoms. The second kappa shape index (κ2) is 16.4. The zero-order valence-electron chi connectivity index (χ0n) is 20.8. The van der Waals surface area contributed by atoms with Gasteiger partial charge in [-0.2, -0.15) is 0 Å². The summed E-state index contributed by atoms with van der Waals surface area (Å²) in [5.74, 6) is 0. The van der Waals surface area contributed by atoms with Crippen LogP contribution in [0.3, 0.4) is 0 Å². The predicted molar refractivity (Wildman–Crippen MR) is 144 cm³/mol. The molecule has 5 rings (SSSR count). The van der Waals surface area contributed by atoms with Crippen molar-refractivity contribution in [2.24, 2.45) is 0 Å². The molecule has 0 radical (unpaired) electrons. The van der Waals surface area contributed by atoms with Crippen molar-refractivity contribution in [2.75, 3.05) is 5.73 Å². The van der Waals surface area contributed by atoms with Gasteiger partial charge in [0.1, 0.15) is 0 Å². The average Bonchev–Trinajstić information content (AvgIpc) is 2.87. The van der Waals surface area contributed by atoms with Crippen molar-refractivity contribution in [2.45, 2.75) is 113 Å². The average molecular weight is 592 g/mol. The third-order valence-corrected chi connectivity index (χ3v) is 12.1. The molecule has 0 atom stereocenters. The van der Waals surface area contributed by atoms with E-state index < -0.39 is 0 Å². The van der Waals surface area contributed by atoms with E-state index >= 15 is 0 Å². The molecule has 3 aliphatic carbocycles. The Kier molecular flexibility index (Phi) is 14.4. The molecule has 3 aliphatic rings. The number of benzene rings is 2. The minimum Gasteiger partial charge on any atom is -1.00 e. The molecule has 3 saturated carbocycles. The molecule has 0 heterocycles. The number of para-hydroxylation sites is 1. The standard InChI is InChI=1S/C18H33P.C12H11N.ClH.Pd/c1-4-10-16(11-5-1)19(17-12-6-2-7-13-17)18-14-8-3-9-15-18;13-12-9-5-4-8-11(12)10-6-2-1-3-7-10;;/h16-18H,1-15H2;1-9H,13H2;1H;/p-1. The van der Waals surface area contributed by atoms with Crippen LogP contribution in [0.15, 0.2) is 54.6 Å². The van der Waals surface area contributed by atoms with Crippen LogP contribution in [-0.2, 0) is 20.4 Å². The van der Waals surface area contributed by atoms with Gasteiger partial charge in [0.05, 0.1) is 0 Å². The van der Waals surface area contributed by atoms with E-state index in [0.29, 0.717) is 7.92 Å². The van der Waals surface area contributed by atoms with Gasteiger partial charge in [-0.15, -0.1) is 0 Å². The molecule has 0 unspecified atom stereocenters. The Balaban J connectivity index is 0.000000241. The molecule has 2 N–H and O–H groups in total. The predicted octanol–water partition coefficient (Wildman–Crippen LogP) is 6.40. The first-order valence-electron chi connectivity index (χ1n) is 13.5. The van der Waals surface area contributed by atoms with E-state index in [2.05, 4.69) is 12.1 Å². The molecular formula is C30H44ClNPPd-. The van der Waals surface area contributed by atoms with E-state index in [1.54, 1.807) is 77.0 Å². The molecule has 0 saturated heterocycles. The number of halogens is 1. The minimum atomic E-state index is 0. The monoisotopic (exact) mass is 590 g/mol. The molecule has 34 heavy (non-hydrogen) atoms. The molecule has 2 aromatic carbocycles. The number of nitrogens with two attached hydrogens (primary N) is 1. The van der Waals surface area contributed by atoms with Gasteiger partial charge < -0.3 is 18.1 Å². The zero-order valence-corrected chi connectivity index (χ0v) is 24.0. The van der Waals surface area contributed by atoms with Crippen LogP contribution in [-0.4, -0.2) is 17.0 Å². The van der Waals surface area contributed by atoms with Gasteiger partial charge in [-0.05, 0) is 67.1 Å². The second-order valence-electron chi connectivity index (χ2n) is 10.3. The molecule has 0 bridgehead atoms. The summed E-state index contributed by atoms with van der Waals surface area (Å²) in [6.07, 6.45) is 23.6. The fourth-order valence-corrected chi connectivity index (χ4v) is 11.1. The Morgan fingerprint density at radius 1 is 0.529 bits per heavy atom. The van der Waals surface area contributed by atoms with Gasteiger partial charge in [-0.3, -0.25) is 0 Å². The van der Waals surface area contributed by atoms with E-state index in [-0.39, 0.29) is 32.8 Å². The van der Waals surface area contributed by atoms with Gasteiger partial charge in [0.15, 0.2) is 0 Å². The fraction of sp³-hybridized carbons (Fsp3) is 0.600. The van der Waals surface area contributed by atoms with Crippen LogP contribution in [0.4, 0.5) is 5.69 Å². The maximum Gasteiger partial charge on any atom is 0.0393 e. The maximum absolute atomic E-state index is 5.85. The van der Waals surface area contributed by atoms with Crippen LogP contribution in [0.2, 0.25) is 0 Å². The van der Waals surface area contributed by atoms with E-state index in [1.165, 1.54) is 41.8 Å². The topological polar surface area (TPSA) is 26.0 Å². The fourth-order valence-electron chi connectivity index (χ4n) is 6.41. The quantitative estimate of drug-likeness (QED) is 0.249. The van der Waals surface area contributed by atoms with Crippen molar-refractivity contribution < 1.29 is 32.8 Å². The molecule has 2 aromatic rings. The molecule has 3 fully saturated rings. The summed E-state index contributed by atoms with van der Waals surface area (Å²) in [4.78, 5) is 0. The molecule has 1 nitrogen and oxygen atoms in total. The molecule has 0 aromatic heterocycles. The van der Waals surface area contributed by atoms with Gasteiger partial charge in [0, 0.05) is 31.7 Å². The summed E-state index contributed by atoms with van der Waals surface area (Å²) in [6.45, 7) is 0. The first kappa shape index (κ1) is 29.9. The van der Waals surface area contributed by atoms with Crippen LogP contribution in [0.25, 0.3) is 11.1 Å². The Labute approximate surface area is 230 Å². The van der Waals surface area contributed by atoms with Crippen molar-refractivity contribution in [1.82, 2.24) is 0 Å². The normalized spacial score (nSPS) is 19.9. The summed E-state index contributed by atoms with van der Waals surface area (Å²) < 4.78 is 0. The maximum atomic E-state index is 5.85. The third-order valence-electron chi connectivity index (χ3n) is 8.03. The van der Waals surface area contributed by atoms with E-state index in [9.17, 15) is 0 Å². The number of hydrogen-bond acceptors (Lipinski definition) is 1. The van der Waals surface area contributed by atoms with E-state index in [1.807, 2.05) is 42.5 Å². The first-order valence-corrected chi connectivity index (χ1v) is 15.0. The van der Waals surface area contributed by atoms with Crippen LogP contribution in [0.1, 0.15) is 96.3 Å². The third kappa shape index (κ3) is 8.63. The Hall–Kier alpha value is -0.378. The van der Waals surface area contributed by atoms with Crippen molar-refractivity contribution in [3.63, 3.8) is 0 Å². The Morgan fingerprint density at radius 3 is 1.32 bits per heavy atom. The summed E-state index contributed by atoms with van der Waals surface area (Å²) >= 11 is 0. The van der Waals surface area contributed by atoms with Crippen LogP contribution >= 0.6 is 7.92 Å². The summed E-state index contributed by atoms with van der Waals surface area (Å²) in [7, 11) is 0.385. The van der Waals surface area contributed by atoms with Gasteiger partial charge in [-0.25, -0.2) is 0 Å². The van der Waals surface area contributed by atoms with Crippen LogP contribution < -0.4 is 18.1 Å². The van der Waals surface area contributed by atoms with Crippen LogP contribution in [0.5, 0.6) is 0 Å². The Bertz CT molecular complexity index is 741. The first-order chi connectivity index (χ1) is 15.8. The van der Waals surface area contributed by atoms with Crippen molar-refractivity contribution >= 4 is 13.6 Å².